The molecule has 1 heterocycles. The Bertz CT molecular complexity index is 732. The Hall–Kier alpha value is -2.04. The van der Waals surface area contributed by atoms with E-state index in [0.717, 1.165) is 22.3 Å². The first-order chi connectivity index (χ1) is 11.8. The Balaban J connectivity index is 2.01. The zero-order valence-corrected chi connectivity index (χ0v) is 15.6. The highest BCUT2D eigenvalue weighted by atomic mass is 16.7. The lowest BCUT2D eigenvalue weighted by Crippen LogP contribution is -2.41. The molecule has 1 aliphatic rings. The van der Waals surface area contributed by atoms with Crippen molar-refractivity contribution < 1.29 is 14.0 Å². The van der Waals surface area contributed by atoms with Crippen LogP contribution < -0.4 is 4.74 Å². The summed E-state index contributed by atoms with van der Waals surface area (Å²) in [6.07, 6.45) is 2.12. The van der Waals surface area contributed by atoms with Gasteiger partial charge in [0.25, 0.3) is 0 Å². The molecule has 1 saturated heterocycles. The molecule has 0 radical (unpaired) electrons. The second kappa shape index (κ2) is 6.70. The molecule has 0 aliphatic carbocycles. The van der Waals surface area contributed by atoms with Crippen molar-refractivity contribution in [1.29, 1.82) is 0 Å². The first-order valence-corrected chi connectivity index (χ1v) is 8.59. The van der Waals surface area contributed by atoms with Crippen molar-refractivity contribution in [2.24, 2.45) is 0 Å². The van der Waals surface area contributed by atoms with Crippen LogP contribution in [-0.4, -0.2) is 25.4 Å². The molecule has 2 aromatic carbocycles. The fourth-order valence-electron chi connectivity index (χ4n) is 2.77. The molecule has 0 atom stereocenters. The molecular formula is C21H25BO3. The van der Waals surface area contributed by atoms with Gasteiger partial charge in [0.1, 0.15) is 5.75 Å². The second-order valence-corrected chi connectivity index (χ2v) is 7.33. The maximum absolute atomic E-state index is 6.28. The van der Waals surface area contributed by atoms with Crippen molar-refractivity contribution in [3.05, 3.63) is 65.7 Å². The summed E-state index contributed by atoms with van der Waals surface area (Å²) in [6, 6.07) is 18.2. The molecule has 0 spiro atoms. The number of ether oxygens (including phenoxy) is 1. The molecule has 0 amide bonds. The van der Waals surface area contributed by atoms with Gasteiger partial charge in [-0.05, 0) is 56.4 Å². The van der Waals surface area contributed by atoms with E-state index >= 15 is 0 Å². The number of rotatable bonds is 4. The van der Waals surface area contributed by atoms with E-state index in [1.807, 2.05) is 42.5 Å². The quantitative estimate of drug-likeness (QED) is 0.589. The van der Waals surface area contributed by atoms with Gasteiger partial charge >= 0.3 is 7.12 Å². The predicted octanol–water partition coefficient (Wildman–Crippen LogP) is 4.87. The van der Waals surface area contributed by atoms with E-state index in [2.05, 4.69) is 45.9 Å². The average Bonchev–Trinajstić information content (AvgIpc) is 2.81. The molecule has 3 nitrogen and oxygen atoms in total. The van der Waals surface area contributed by atoms with Gasteiger partial charge < -0.3 is 14.0 Å². The first-order valence-electron chi connectivity index (χ1n) is 8.59. The number of hydrogen-bond acceptors (Lipinski definition) is 3. The zero-order valence-electron chi connectivity index (χ0n) is 15.6. The van der Waals surface area contributed by atoms with Gasteiger partial charge in [0, 0.05) is 0 Å². The molecule has 25 heavy (non-hydrogen) atoms. The summed E-state index contributed by atoms with van der Waals surface area (Å²) in [5.41, 5.74) is 2.45. The summed E-state index contributed by atoms with van der Waals surface area (Å²) in [5, 5.41) is 0. The van der Waals surface area contributed by atoms with Crippen molar-refractivity contribution in [2.75, 3.05) is 7.11 Å². The molecule has 4 heteroatoms. The summed E-state index contributed by atoms with van der Waals surface area (Å²) >= 11 is 0. The smallest absolute Gasteiger partial charge is 0.495 e. The molecule has 3 rings (SSSR count). The Morgan fingerprint density at radius 3 is 1.96 bits per heavy atom. The van der Waals surface area contributed by atoms with Gasteiger partial charge in [-0.15, -0.1) is 0 Å². The summed E-state index contributed by atoms with van der Waals surface area (Å²) in [4.78, 5) is 0. The molecule has 1 fully saturated rings. The Morgan fingerprint density at radius 2 is 1.44 bits per heavy atom. The second-order valence-electron chi connectivity index (χ2n) is 7.33. The molecule has 2 aromatic rings. The topological polar surface area (TPSA) is 27.7 Å². The lowest BCUT2D eigenvalue weighted by molar-refractivity contribution is 0.00578. The Labute approximate surface area is 150 Å². The number of benzene rings is 2. The van der Waals surface area contributed by atoms with Gasteiger partial charge in [-0.2, -0.15) is 0 Å². The van der Waals surface area contributed by atoms with Crippen molar-refractivity contribution in [2.45, 2.75) is 38.9 Å². The summed E-state index contributed by atoms with van der Waals surface area (Å²) in [6.45, 7) is 8.29. The van der Waals surface area contributed by atoms with Crippen molar-refractivity contribution >= 4 is 18.7 Å². The van der Waals surface area contributed by atoms with E-state index in [1.165, 1.54) is 0 Å². The Kier molecular flexibility index (Phi) is 4.76. The highest BCUT2D eigenvalue weighted by Crippen LogP contribution is 2.41. The van der Waals surface area contributed by atoms with Gasteiger partial charge in [-0.1, -0.05) is 48.5 Å². The third-order valence-corrected chi connectivity index (χ3v) is 5.05. The van der Waals surface area contributed by atoms with E-state index < -0.39 is 7.12 Å². The molecule has 0 aromatic heterocycles. The minimum atomic E-state index is -0.408. The van der Waals surface area contributed by atoms with Crippen LogP contribution in [0.25, 0.3) is 11.5 Å². The fourth-order valence-corrected chi connectivity index (χ4v) is 2.77. The van der Waals surface area contributed by atoms with E-state index in [4.69, 9.17) is 14.0 Å². The predicted molar refractivity (Wildman–Crippen MR) is 103 cm³/mol. The monoisotopic (exact) mass is 336 g/mol. The molecular weight excluding hydrogens is 311 g/mol. The average molecular weight is 336 g/mol. The largest absolute Gasteiger partial charge is 0.497 e. The van der Waals surface area contributed by atoms with E-state index in [-0.39, 0.29) is 11.2 Å². The third-order valence-electron chi connectivity index (χ3n) is 5.05. The summed E-state index contributed by atoms with van der Waals surface area (Å²) in [5.74, 6) is 0.842. The lowest BCUT2D eigenvalue weighted by Gasteiger charge is -2.32. The van der Waals surface area contributed by atoms with Crippen LogP contribution in [0.5, 0.6) is 5.75 Å². The van der Waals surface area contributed by atoms with Gasteiger partial charge in [-0.25, -0.2) is 0 Å². The van der Waals surface area contributed by atoms with E-state index in [9.17, 15) is 0 Å². The number of methoxy groups -OCH3 is 1. The highest BCUT2D eigenvalue weighted by molar-refractivity contribution is 6.70. The highest BCUT2D eigenvalue weighted by Gasteiger charge is 2.52. The maximum Gasteiger partial charge on any atom is 0.495 e. The molecule has 0 saturated carbocycles. The third kappa shape index (κ3) is 3.65. The van der Waals surface area contributed by atoms with E-state index in [1.54, 1.807) is 7.11 Å². The van der Waals surface area contributed by atoms with Crippen LogP contribution in [-0.2, 0) is 9.31 Å². The minimum absolute atomic E-state index is 0.370. The van der Waals surface area contributed by atoms with Crippen LogP contribution in [0.3, 0.4) is 0 Å². The SMILES string of the molecule is COc1ccc(/C=C(\B2OC(C)(C)C(C)(C)O2)c2ccccc2)cc1. The van der Waals surface area contributed by atoms with Gasteiger partial charge in [0.2, 0.25) is 0 Å². The molecule has 0 bridgehead atoms. The molecule has 1 aliphatic heterocycles. The van der Waals surface area contributed by atoms with Crippen LogP contribution in [0.2, 0.25) is 0 Å². The standard InChI is InChI=1S/C21H25BO3/c1-20(2)21(3,4)25-22(24-20)19(17-9-7-6-8-10-17)15-16-11-13-18(23-5)14-12-16/h6-15H,1-5H3/b19-15-. The van der Waals surface area contributed by atoms with Crippen LogP contribution >= 0.6 is 0 Å². The molecule has 0 N–H and O–H groups in total. The fraction of sp³-hybridized carbons (Fsp3) is 0.333. The van der Waals surface area contributed by atoms with Crippen molar-refractivity contribution in [1.82, 2.24) is 0 Å². The molecule has 130 valence electrons. The van der Waals surface area contributed by atoms with Crippen LogP contribution in [0, 0.1) is 0 Å². The minimum Gasteiger partial charge on any atom is -0.497 e. The molecule has 0 unspecified atom stereocenters. The van der Waals surface area contributed by atoms with Gasteiger partial charge in [-0.3, -0.25) is 0 Å². The van der Waals surface area contributed by atoms with Gasteiger partial charge in [0.05, 0.1) is 18.3 Å². The van der Waals surface area contributed by atoms with Crippen molar-refractivity contribution in [3.8, 4) is 5.75 Å². The summed E-state index contributed by atoms with van der Waals surface area (Å²) in [7, 11) is 1.26. The maximum atomic E-state index is 6.28. The van der Waals surface area contributed by atoms with Crippen LogP contribution in [0.1, 0.15) is 38.8 Å². The van der Waals surface area contributed by atoms with Gasteiger partial charge in [0.15, 0.2) is 0 Å². The normalized spacial score (nSPS) is 19.1. The first kappa shape index (κ1) is 17.8. The van der Waals surface area contributed by atoms with Crippen molar-refractivity contribution in [3.63, 3.8) is 0 Å². The zero-order chi connectivity index (χ0) is 18.1. The summed E-state index contributed by atoms with van der Waals surface area (Å²) < 4.78 is 17.8. The Morgan fingerprint density at radius 1 is 0.880 bits per heavy atom. The van der Waals surface area contributed by atoms with Crippen LogP contribution in [0.15, 0.2) is 54.6 Å². The van der Waals surface area contributed by atoms with Crippen LogP contribution in [0.4, 0.5) is 0 Å². The number of hydrogen-bond donors (Lipinski definition) is 0. The van der Waals surface area contributed by atoms with E-state index in [0.29, 0.717) is 0 Å². The lowest BCUT2D eigenvalue weighted by atomic mass is 9.73.